The summed E-state index contributed by atoms with van der Waals surface area (Å²) in [7, 11) is 1.81. The summed E-state index contributed by atoms with van der Waals surface area (Å²) in [5.41, 5.74) is 1.79. The molecule has 3 aromatic rings. The second-order valence-electron chi connectivity index (χ2n) is 4.88. The minimum Gasteiger partial charge on any atom is -0.334 e. The van der Waals surface area contributed by atoms with Gasteiger partial charge in [0.25, 0.3) is 5.91 Å². The molecule has 1 aromatic carbocycles. The molecule has 0 fully saturated rings. The van der Waals surface area contributed by atoms with Crippen LogP contribution in [0.15, 0.2) is 24.3 Å². The number of rotatable bonds is 3. The number of fused-ring (bicyclic) bond motifs is 1. The Morgan fingerprint density at radius 2 is 1.95 bits per heavy atom. The van der Waals surface area contributed by atoms with Gasteiger partial charge in [0.05, 0.1) is 27.5 Å². The van der Waals surface area contributed by atoms with Crippen LogP contribution in [0.1, 0.15) is 25.4 Å². The Morgan fingerprint density at radius 1 is 1.19 bits per heavy atom. The Kier molecular flexibility index (Phi) is 3.73. The number of aromatic nitrogens is 2. The van der Waals surface area contributed by atoms with E-state index in [4.69, 9.17) is 0 Å². The van der Waals surface area contributed by atoms with Crippen LogP contribution in [0.4, 0.5) is 0 Å². The Balaban J connectivity index is 1.80. The lowest BCUT2D eigenvalue weighted by Crippen LogP contribution is -2.25. The van der Waals surface area contributed by atoms with Crippen LogP contribution in [0.25, 0.3) is 10.2 Å². The van der Waals surface area contributed by atoms with E-state index in [1.54, 1.807) is 16.2 Å². The second kappa shape index (κ2) is 5.54. The summed E-state index contributed by atoms with van der Waals surface area (Å²) in [5.74, 6) is 0.0114. The predicted octanol–water partition coefficient (Wildman–Crippen LogP) is 3.64. The highest BCUT2D eigenvalue weighted by atomic mass is 32.1. The molecule has 108 valence electrons. The monoisotopic (exact) mass is 317 g/mol. The zero-order chi connectivity index (χ0) is 15.0. The number of carbonyl (C=O) groups excluding carboxylic acids is 1. The third kappa shape index (κ3) is 2.82. The minimum atomic E-state index is 0.0114. The van der Waals surface area contributed by atoms with E-state index in [-0.39, 0.29) is 5.91 Å². The number of benzene rings is 1. The van der Waals surface area contributed by atoms with Gasteiger partial charge in [-0.2, -0.15) is 0 Å². The Morgan fingerprint density at radius 3 is 2.62 bits per heavy atom. The van der Waals surface area contributed by atoms with E-state index >= 15 is 0 Å². The molecule has 21 heavy (non-hydrogen) atoms. The van der Waals surface area contributed by atoms with Gasteiger partial charge in [-0.25, -0.2) is 9.97 Å². The van der Waals surface area contributed by atoms with Crippen molar-refractivity contribution in [1.29, 1.82) is 0 Å². The number of carbonyl (C=O) groups is 1. The van der Waals surface area contributed by atoms with Crippen LogP contribution in [-0.4, -0.2) is 27.8 Å². The highest BCUT2D eigenvalue weighted by Gasteiger charge is 2.19. The first-order chi connectivity index (χ1) is 10.0. The molecule has 3 rings (SSSR count). The fraction of sp³-hybridized carbons (Fsp3) is 0.267. The van der Waals surface area contributed by atoms with Crippen LogP contribution in [-0.2, 0) is 6.54 Å². The first-order valence-corrected chi connectivity index (χ1v) is 8.22. The zero-order valence-corrected chi connectivity index (χ0v) is 13.7. The topological polar surface area (TPSA) is 46.1 Å². The molecule has 0 bridgehead atoms. The van der Waals surface area contributed by atoms with E-state index in [1.165, 1.54) is 11.3 Å². The maximum Gasteiger partial charge on any atom is 0.265 e. The van der Waals surface area contributed by atoms with Crippen molar-refractivity contribution >= 4 is 38.8 Å². The average molecular weight is 317 g/mol. The summed E-state index contributed by atoms with van der Waals surface area (Å²) >= 11 is 3.08. The van der Waals surface area contributed by atoms with Crippen molar-refractivity contribution < 1.29 is 4.79 Å². The summed E-state index contributed by atoms with van der Waals surface area (Å²) in [5, 5.41) is 1.87. The van der Waals surface area contributed by atoms with Crippen LogP contribution in [0, 0.1) is 13.8 Å². The van der Waals surface area contributed by atoms with Crippen molar-refractivity contribution in [2.75, 3.05) is 7.05 Å². The summed E-state index contributed by atoms with van der Waals surface area (Å²) in [6, 6.07) is 8.02. The van der Waals surface area contributed by atoms with Gasteiger partial charge in [-0.05, 0) is 26.0 Å². The molecular weight excluding hydrogens is 302 g/mol. The highest BCUT2D eigenvalue weighted by Crippen LogP contribution is 2.24. The van der Waals surface area contributed by atoms with Crippen LogP contribution < -0.4 is 0 Å². The van der Waals surface area contributed by atoms with Gasteiger partial charge in [0.2, 0.25) is 0 Å². The molecule has 4 nitrogen and oxygen atoms in total. The lowest BCUT2D eigenvalue weighted by Gasteiger charge is -2.14. The number of hydrogen-bond donors (Lipinski definition) is 0. The molecule has 0 spiro atoms. The molecule has 0 saturated carbocycles. The number of aryl methyl sites for hydroxylation is 2. The molecule has 0 N–H and O–H groups in total. The highest BCUT2D eigenvalue weighted by molar-refractivity contribution is 7.18. The van der Waals surface area contributed by atoms with Crippen LogP contribution in [0.2, 0.25) is 0 Å². The van der Waals surface area contributed by atoms with Crippen molar-refractivity contribution in [3.05, 3.63) is 44.9 Å². The lowest BCUT2D eigenvalue weighted by atomic mass is 10.3. The molecule has 2 heterocycles. The molecule has 1 amide bonds. The zero-order valence-electron chi connectivity index (χ0n) is 12.1. The predicted molar refractivity (Wildman–Crippen MR) is 87.0 cm³/mol. The number of thiazole rings is 2. The largest absolute Gasteiger partial charge is 0.334 e. The SMILES string of the molecule is Cc1nc(C)c(C(=O)N(C)Cc2nc3ccccc3s2)s1. The fourth-order valence-electron chi connectivity index (χ4n) is 2.17. The van der Waals surface area contributed by atoms with Gasteiger partial charge in [0, 0.05) is 7.05 Å². The molecule has 2 aromatic heterocycles. The normalized spacial score (nSPS) is 11.0. The van der Waals surface area contributed by atoms with Gasteiger partial charge >= 0.3 is 0 Å². The molecule has 0 aliphatic rings. The quantitative estimate of drug-likeness (QED) is 0.741. The van der Waals surface area contributed by atoms with Gasteiger partial charge in [-0.15, -0.1) is 22.7 Å². The first kappa shape index (κ1) is 14.2. The lowest BCUT2D eigenvalue weighted by molar-refractivity contribution is 0.0789. The molecular formula is C15H15N3OS2. The van der Waals surface area contributed by atoms with Crippen molar-refractivity contribution in [3.63, 3.8) is 0 Å². The van der Waals surface area contributed by atoms with Crippen molar-refractivity contribution in [2.24, 2.45) is 0 Å². The number of amides is 1. The van der Waals surface area contributed by atoms with Crippen molar-refractivity contribution in [3.8, 4) is 0 Å². The molecule has 0 atom stereocenters. The van der Waals surface area contributed by atoms with Gasteiger partial charge in [-0.3, -0.25) is 4.79 Å². The van der Waals surface area contributed by atoms with Gasteiger partial charge in [0.1, 0.15) is 9.88 Å². The maximum atomic E-state index is 12.5. The summed E-state index contributed by atoms with van der Waals surface area (Å²) in [6.45, 7) is 4.32. The van der Waals surface area contributed by atoms with E-state index in [1.807, 2.05) is 39.1 Å². The van der Waals surface area contributed by atoms with E-state index in [0.717, 1.165) is 30.8 Å². The third-order valence-electron chi connectivity index (χ3n) is 3.16. The molecule has 0 saturated heterocycles. The van der Waals surface area contributed by atoms with Crippen LogP contribution in [0.3, 0.4) is 0 Å². The van der Waals surface area contributed by atoms with E-state index in [0.29, 0.717) is 6.54 Å². The van der Waals surface area contributed by atoms with Gasteiger partial charge < -0.3 is 4.90 Å². The average Bonchev–Trinajstić information content (AvgIpc) is 3.00. The second-order valence-corrected chi connectivity index (χ2v) is 7.20. The van der Waals surface area contributed by atoms with Crippen LogP contribution >= 0.6 is 22.7 Å². The number of nitrogens with zero attached hydrogens (tertiary/aromatic N) is 3. The Hall–Kier alpha value is -1.79. The molecule has 0 radical (unpaired) electrons. The minimum absolute atomic E-state index is 0.0114. The number of para-hydroxylation sites is 1. The Labute approximate surface area is 131 Å². The summed E-state index contributed by atoms with van der Waals surface area (Å²) in [4.78, 5) is 23.8. The summed E-state index contributed by atoms with van der Waals surface area (Å²) < 4.78 is 1.15. The van der Waals surface area contributed by atoms with Crippen LogP contribution in [0.5, 0.6) is 0 Å². The van der Waals surface area contributed by atoms with Gasteiger partial charge in [0.15, 0.2) is 0 Å². The van der Waals surface area contributed by atoms with E-state index < -0.39 is 0 Å². The molecule has 6 heteroatoms. The maximum absolute atomic E-state index is 12.5. The first-order valence-electron chi connectivity index (χ1n) is 6.58. The molecule has 0 aliphatic heterocycles. The molecule has 0 unspecified atom stereocenters. The van der Waals surface area contributed by atoms with E-state index in [2.05, 4.69) is 16.0 Å². The van der Waals surface area contributed by atoms with Gasteiger partial charge in [-0.1, -0.05) is 12.1 Å². The molecule has 0 aliphatic carbocycles. The third-order valence-corrected chi connectivity index (χ3v) is 5.24. The van der Waals surface area contributed by atoms with E-state index in [9.17, 15) is 4.79 Å². The smallest absolute Gasteiger partial charge is 0.265 e. The summed E-state index contributed by atoms with van der Waals surface area (Å²) in [6.07, 6.45) is 0. The Bertz CT molecular complexity index is 773. The van der Waals surface area contributed by atoms with Crippen molar-refractivity contribution in [2.45, 2.75) is 20.4 Å². The standard InChI is InChI=1S/C15H15N3OS2/c1-9-14(20-10(2)16-9)15(19)18(3)8-13-17-11-6-4-5-7-12(11)21-13/h4-7H,8H2,1-3H3. The van der Waals surface area contributed by atoms with Crippen molar-refractivity contribution in [1.82, 2.24) is 14.9 Å². The number of hydrogen-bond acceptors (Lipinski definition) is 5. The fourth-order valence-corrected chi connectivity index (χ4v) is 4.10.